The highest BCUT2D eigenvalue weighted by Gasteiger charge is 2.38. The van der Waals surface area contributed by atoms with Crippen molar-refractivity contribution in [3.05, 3.63) is 22.8 Å². The summed E-state index contributed by atoms with van der Waals surface area (Å²) in [7, 11) is 0. The summed E-state index contributed by atoms with van der Waals surface area (Å²) in [5.41, 5.74) is -0.272. The van der Waals surface area contributed by atoms with Crippen molar-refractivity contribution < 1.29 is 9.53 Å². The summed E-state index contributed by atoms with van der Waals surface area (Å²) >= 11 is 6.04. The van der Waals surface area contributed by atoms with Gasteiger partial charge in [0, 0.05) is 31.9 Å². The van der Waals surface area contributed by atoms with Gasteiger partial charge in [0.05, 0.1) is 11.1 Å². The van der Waals surface area contributed by atoms with Crippen molar-refractivity contribution in [2.45, 2.75) is 44.9 Å². The van der Waals surface area contributed by atoms with Gasteiger partial charge in [-0.15, -0.1) is 12.3 Å². The van der Waals surface area contributed by atoms with Crippen molar-refractivity contribution in [3.8, 4) is 18.2 Å². The van der Waals surface area contributed by atoms with Crippen LogP contribution in [0.1, 0.15) is 43.6 Å². The Kier molecular flexibility index (Phi) is 5.56. The second-order valence-corrected chi connectivity index (χ2v) is 5.95. The molecule has 122 valence electrons. The lowest BCUT2D eigenvalue weighted by atomic mass is 10.0. The zero-order valence-corrected chi connectivity index (χ0v) is 13.9. The zero-order valence-electron chi connectivity index (χ0n) is 13.2. The minimum atomic E-state index is -0.417. The van der Waals surface area contributed by atoms with E-state index in [0.29, 0.717) is 31.7 Å². The van der Waals surface area contributed by atoms with E-state index in [1.54, 1.807) is 12.1 Å². The highest BCUT2D eigenvalue weighted by atomic mass is 35.5. The van der Waals surface area contributed by atoms with Crippen LogP contribution < -0.4 is 10.1 Å². The summed E-state index contributed by atoms with van der Waals surface area (Å²) in [5, 5.41) is 11.1. The number of carbonyl (C=O) groups excluding carboxylic acids is 1. The number of hydrogen-bond donors (Lipinski definition) is 1. The summed E-state index contributed by atoms with van der Waals surface area (Å²) in [5.74, 6) is 2.59. The topological polar surface area (TPSA) is 75.9 Å². The van der Waals surface area contributed by atoms with Crippen LogP contribution in [0.5, 0.6) is 5.88 Å². The molecule has 0 aliphatic carbocycles. The van der Waals surface area contributed by atoms with Gasteiger partial charge in [-0.25, -0.2) is 4.98 Å². The van der Waals surface area contributed by atoms with E-state index in [1.165, 1.54) is 0 Å². The van der Waals surface area contributed by atoms with Crippen molar-refractivity contribution in [3.63, 3.8) is 0 Å². The van der Waals surface area contributed by atoms with Gasteiger partial charge in [-0.2, -0.15) is 10.2 Å². The first-order valence-corrected chi connectivity index (χ1v) is 7.82. The molecule has 23 heavy (non-hydrogen) atoms. The molecule has 7 heteroatoms. The highest BCUT2D eigenvalue weighted by Crippen LogP contribution is 2.36. The van der Waals surface area contributed by atoms with Gasteiger partial charge in [-0.05, 0) is 19.9 Å². The summed E-state index contributed by atoms with van der Waals surface area (Å²) in [6.45, 7) is 4.19. The lowest BCUT2D eigenvalue weighted by Crippen LogP contribution is -2.29. The predicted molar refractivity (Wildman–Crippen MR) is 87.6 cm³/mol. The SMILES string of the molecule is C#CCCC1(CCNC(=O)c2nc(OC(C)C)ccc2Cl)N=N1. The molecule has 2 heterocycles. The van der Waals surface area contributed by atoms with Crippen molar-refractivity contribution in [2.75, 3.05) is 6.54 Å². The van der Waals surface area contributed by atoms with Crippen LogP contribution in [0.3, 0.4) is 0 Å². The van der Waals surface area contributed by atoms with Gasteiger partial charge in [0.1, 0.15) is 0 Å². The Bertz CT molecular complexity index is 646. The van der Waals surface area contributed by atoms with Crippen LogP contribution in [0, 0.1) is 12.3 Å². The van der Waals surface area contributed by atoms with Crippen LogP contribution in [0.25, 0.3) is 0 Å². The van der Waals surface area contributed by atoms with Gasteiger partial charge in [-0.3, -0.25) is 4.79 Å². The average Bonchev–Trinajstić information content (AvgIpc) is 3.27. The summed E-state index contributed by atoms with van der Waals surface area (Å²) < 4.78 is 5.47. The summed E-state index contributed by atoms with van der Waals surface area (Å²) in [6, 6.07) is 3.23. The van der Waals surface area contributed by atoms with E-state index in [1.807, 2.05) is 13.8 Å². The molecule has 0 radical (unpaired) electrons. The maximum Gasteiger partial charge on any atom is 0.271 e. The van der Waals surface area contributed by atoms with E-state index < -0.39 is 5.66 Å². The molecular weight excluding hydrogens is 316 g/mol. The molecule has 0 aromatic carbocycles. The smallest absolute Gasteiger partial charge is 0.271 e. The Morgan fingerprint density at radius 1 is 1.43 bits per heavy atom. The van der Waals surface area contributed by atoms with E-state index in [9.17, 15) is 4.79 Å². The van der Waals surface area contributed by atoms with Gasteiger partial charge < -0.3 is 10.1 Å². The summed E-state index contributed by atoms with van der Waals surface area (Å²) in [4.78, 5) is 16.4. The van der Waals surface area contributed by atoms with E-state index in [0.717, 1.165) is 0 Å². The molecule has 0 saturated carbocycles. The van der Waals surface area contributed by atoms with E-state index in [2.05, 4.69) is 26.4 Å². The Balaban J connectivity index is 1.89. The van der Waals surface area contributed by atoms with Crippen molar-refractivity contribution >= 4 is 17.5 Å². The maximum absolute atomic E-state index is 12.2. The van der Waals surface area contributed by atoms with Crippen LogP contribution in [0.4, 0.5) is 0 Å². The fourth-order valence-corrected chi connectivity index (χ4v) is 2.21. The lowest BCUT2D eigenvalue weighted by Gasteiger charge is -2.12. The number of rotatable bonds is 8. The second-order valence-electron chi connectivity index (χ2n) is 5.54. The second kappa shape index (κ2) is 7.42. The normalized spacial score (nSPS) is 14.4. The minimum Gasteiger partial charge on any atom is -0.475 e. The van der Waals surface area contributed by atoms with E-state index in [-0.39, 0.29) is 22.7 Å². The molecule has 0 saturated heterocycles. The number of nitrogens with one attached hydrogen (secondary N) is 1. The molecule has 0 atom stereocenters. The Hall–Kier alpha value is -2.13. The Morgan fingerprint density at radius 3 is 2.78 bits per heavy atom. The quantitative estimate of drug-likeness (QED) is 0.741. The van der Waals surface area contributed by atoms with Crippen LogP contribution in [-0.2, 0) is 0 Å². The van der Waals surface area contributed by atoms with Crippen LogP contribution >= 0.6 is 11.6 Å². The minimum absolute atomic E-state index is 0.0336. The highest BCUT2D eigenvalue weighted by molar-refractivity contribution is 6.33. The molecule has 1 amide bonds. The molecule has 1 aromatic rings. The third-order valence-corrected chi connectivity index (χ3v) is 3.56. The molecular formula is C16H19ClN4O2. The van der Waals surface area contributed by atoms with Gasteiger partial charge in [0.15, 0.2) is 11.4 Å². The maximum atomic E-state index is 12.2. The number of ether oxygens (including phenoxy) is 1. The number of hydrogen-bond acceptors (Lipinski definition) is 5. The molecule has 0 spiro atoms. The van der Waals surface area contributed by atoms with E-state index in [4.69, 9.17) is 22.8 Å². The van der Waals surface area contributed by atoms with Crippen molar-refractivity contribution in [1.82, 2.24) is 10.3 Å². The monoisotopic (exact) mass is 334 g/mol. The molecule has 0 unspecified atom stereocenters. The zero-order chi connectivity index (χ0) is 16.9. The number of pyridine rings is 1. The molecule has 1 aliphatic heterocycles. The molecule has 1 N–H and O–H groups in total. The number of aromatic nitrogens is 1. The van der Waals surface area contributed by atoms with Crippen LogP contribution in [-0.4, -0.2) is 29.2 Å². The number of carbonyl (C=O) groups is 1. The number of halogens is 1. The lowest BCUT2D eigenvalue weighted by molar-refractivity contribution is 0.0945. The van der Waals surface area contributed by atoms with E-state index >= 15 is 0 Å². The molecule has 0 fully saturated rings. The fraction of sp³-hybridized carbons (Fsp3) is 0.500. The standard InChI is InChI=1S/C16H19ClN4O2/c1-4-5-8-16(20-21-16)9-10-18-15(22)14-12(17)6-7-13(19-14)23-11(2)3/h1,6-7,11H,5,8-10H2,2-3H3,(H,18,22). The Labute approximate surface area is 140 Å². The van der Waals surface area contributed by atoms with Gasteiger partial charge in [0.25, 0.3) is 5.91 Å². The molecule has 0 bridgehead atoms. The van der Waals surface area contributed by atoms with Gasteiger partial charge >= 0.3 is 0 Å². The average molecular weight is 335 g/mol. The molecule has 1 aliphatic rings. The summed E-state index contributed by atoms with van der Waals surface area (Å²) in [6.07, 6.45) is 7.14. The number of terminal acetylenes is 1. The van der Waals surface area contributed by atoms with Gasteiger partial charge in [0.2, 0.25) is 5.88 Å². The van der Waals surface area contributed by atoms with Gasteiger partial charge in [-0.1, -0.05) is 11.6 Å². The number of nitrogens with zero attached hydrogens (tertiary/aromatic N) is 3. The molecule has 1 aromatic heterocycles. The van der Waals surface area contributed by atoms with Crippen LogP contribution in [0.15, 0.2) is 22.4 Å². The predicted octanol–water partition coefficient (Wildman–Crippen LogP) is 3.22. The first kappa shape index (κ1) is 17.2. The first-order chi connectivity index (χ1) is 11.0. The third-order valence-electron chi connectivity index (χ3n) is 3.26. The number of amides is 1. The van der Waals surface area contributed by atoms with Crippen molar-refractivity contribution in [1.29, 1.82) is 0 Å². The molecule has 6 nitrogen and oxygen atoms in total. The van der Waals surface area contributed by atoms with Crippen molar-refractivity contribution in [2.24, 2.45) is 10.2 Å². The third kappa shape index (κ3) is 4.93. The molecule has 2 rings (SSSR count). The first-order valence-electron chi connectivity index (χ1n) is 7.45. The van der Waals surface area contributed by atoms with Crippen LogP contribution in [0.2, 0.25) is 5.02 Å². The fourth-order valence-electron chi connectivity index (χ4n) is 2.02. The largest absolute Gasteiger partial charge is 0.475 e. The Morgan fingerprint density at radius 2 is 2.17 bits per heavy atom.